The Hall–Kier alpha value is -4.24. The van der Waals surface area contributed by atoms with E-state index >= 15 is 0 Å². The zero-order valence-electron chi connectivity index (χ0n) is 24.0. The summed E-state index contributed by atoms with van der Waals surface area (Å²) in [5, 5.41) is 28.0. The van der Waals surface area contributed by atoms with Gasteiger partial charge in [-0.15, -0.1) is 0 Å². The van der Waals surface area contributed by atoms with Gasteiger partial charge in [-0.1, -0.05) is 24.3 Å². The number of hydrogen-bond donors (Lipinski definition) is 1. The first kappa shape index (κ1) is 34.1. The number of methoxy groups -OCH3 is 1. The maximum Gasteiger partial charge on any atom is 0.259 e. The van der Waals surface area contributed by atoms with Crippen molar-refractivity contribution in [2.45, 2.75) is 9.79 Å². The van der Waals surface area contributed by atoms with Crippen molar-refractivity contribution in [3.05, 3.63) is 102 Å². The van der Waals surface area contributed by atoms with E-state index in [0.717, 1.165) is 4.90 Å². The molecule has 2 amide bonds. The second-order valence-electron chi connectivity index (χ2n) is 10.0. The number of nitrogens with zero attached hydrogens (tertiary/aromatic N) is 4. The molecule has 0 saturated heterocycles. The number of carbonyl (C=O) groups is 2. The van der Waals surface area contributed by atoms with Gasteiger partial charge in [-0.05, 0) is 93.7 Å². The van der Waals surface area contributed by atoms with Crippen LogP contribution in [0.4, 0.5) is 11.4 Å². The molecule has 0 aliphatic carbocycles. The summed E-state index contributed by atoms with van der Waals surface area (Å²) in [6, 6.07) is 22.1. The molecule has 0 aromatic heterocycles. The molecule has 0 spiro atoms. The summed E-state index contributed by atoms with van der Waals surface area (Å²) in [6.45, 7) is 0. The Labute approximate surface area is 296 Å². The van der Waals surface area contributed by atoms with Crippen LogP contribution in [-0.4, -0.2) is 52.6 Å². The lowest BCUT2D eigenvalue weighted by atomic mass is 10.1. The fourth-order valence-electron chi connectivity index (χ4n) is 4.97. The Kier molecular flexibility index (Phi) is 9.51. The lowest BCUT2D eigenvalue weighted by Crippen LogP contribution is -2.30. The molecule has 16 heteroatoms. The van der Waals surface area contributed by atoms with E-state index < -0.39 is 43.2 Å². The molecule has 2 aliphatic heterocycles. The number of sulfone groups is 2. The molecule has 47 heavy (non-hydrogen) atoms. The number of amides is 2. The van der Waals surface area contributed by atoms with Crippen LogP contribution in [0.1, 0.15) is 31.8 Å². The van der Waals surface area contributed by atoms with Crippen molar-refractivity contribution in [1.29, 1.82) is 10.5 Å². The zero-order chi connectivity index (χ0) is 34.3. The molecule has 0 bridgehead atoms. The number of anilines is 2. The average molecular weight is 894 g/mol. The van der Waals surface area contributed by atoms with Crippen LogP contribution in [-0.2, 0) is 19.7 Å². The zero-order valence-corrected chi connectivity index (χ0v) is 30.0. The second-order valence-corrected chi connectivity index (χ2v) is 16.2. The first-order valence-electron chi connectivity index (χ1n) is 13.2. The van der Waals surface area contributed by atoms with Crippen molar-refractivity contribution in [1.82, 2.24) is 0 Å². The summed E-state index contributed by atoms with van der Waals surface area (Å²) in [4.78, 5) is 28.1. The molecule has 0 saturated carbocycles. The van der Waals surface area contributed by atoms with Crippen LogP contribution in [0, 0.1) is 29.8 Å². The first-order valence-corrected chi connectivity index (χ1v) is 18.7. The number of aromatic hydroxyl groups is 1. The molecular weight excluding hydrogens is 874 g/mol. The van der Waals surface area contributed by atoms with Crippen molar-refractivity contribution in [2.75, 3.05) is 28.7 Å². The van der Waals surface area contributed by atoms with Crippen LogP contribution in [0.15, 0.2) is 82.6 Å². The third-order valence-electron chi connectivity index (χ3n) is 7.12. The number of benzene rings is 4. The Bertz CT molecular complexity index is 2300. The number of phenols is 1. The Morgan fingerprint density at radius 3 is 1.62 bits per heavy atom. The summed E-state index contributed by atoms with van der Waals surface area (Å²) >= 11 is 3.79. The summed E-state index contributed by atoms with van der Waals surface area (Å²) in [7, 11) is -5.64. The second kappa shape index (κ2) is 13.1. The van der Waals surface area contributed by atoms with Gasteiger partial charge in [0.2, 0.25) is 0 Å². The highest BCUT2D eigenvalue weighted by Crippen LogP contribution is 2.37. The first-order chi connectivity index (χ1) is 22.2. The average Bonchev–Trinajstić information content (AvgIpc) is 3.50. The van der Waals surface area contributed by atoms with E-state index in [4.69, 9.17) is 10.00 Å². The van der Waals surface area contributed by atoms with Crippen LogP contribution in [0.5, 0.6) is 11.5 Å². The van der Waals surface area contributed by atoms with Gasteiger partial charge in [0.1, 0.15) is 35.4 Å². The molecular formula is C31H20I2N4O8S2. The van der Waals surface area contributed by atoms with Gasteiger partial charge in [-0.25, -0.2) is 16.8 Å². The number of para-hydroxylation sites is 2. The van der Waals surface area contributed by atoms with Crippen molar-refractivity contribution in [3.8, 4) is 23.6 Å². The minimum atomic E-state index is -3.55. The SMILES string of the molecule is COc1c(I)cc(C(=O)N2CS(=O)(=O)c3ccccc32)cc1C#N.N#Cc1cc(C(=O)N2CS(=O)(=O)c3ccccc32)cc(I)c1O. The predicted octanol–water partition coefficient (Wildman–Crippen LogP) is 4.82. The summed E-state index contributed by atoms with van der Waals surface area (Å²) < 4.78 is 54.9. The highest BCUT2D eigenvalue weighted by Gasteiger charge is 2.37. The number of fused-ring (bicyclic) bond motifs is 2. The van der Waals surface area contributed by atoms with E-state index in [1.807, 2.05) is 57.3 Å². The Balaban J connectivity index is 0.000000185. The van der Waals surface area contributed by atoms with E-state index in [0.29, 0.717) is 24.3 Å². The van der Waals surface area contributed by atoms with E-state index in [1.165, 1.54) is 42.3 Å². The molecule has 2 aliphatic rings. The smallest absolute Gasteiger partial charge is 0.259 e. The minimum Gasteiger partial charge on any atom is -0.505 e. The Morgan fingerprint density at radius 1 is 0.745 bits per heavy atom. The standard InChI is InChI=1S/C16H11IN2O4S.C15H9IN2O4S/c1-23-15-11(8-18)6-10(7-12(15)17)16(20)19-9-24(21,22)14-5-3-2-4-13(14)19;16-11-6-9(5-10(7-17)14(11)19)15(20)18-8-23(21,22)13-4-2-1-3-12(13)18/h2-7H,9H2,1H3;1-6,19H,8H2. The molecule has 4 aromatic carbocycles. The van der Waals surface area contributed by atoms with E-state index in [2.05, 4.69) is 0 Å². The highest BCUT2D eigenvalue weighted by molar-refractivity contribution is 14.1. The van der Waals surface area contributed by atoms with Crippen molar-refractivity contribution < 1.29 is 36.3 Å². The number of rotatable bonds is 3. The van der Waals surface area contributed by atoms with Crippen molar-refractivity contribution in [3.63, 3.8) is 0 Å². The largest absolute Gasteiger partial charge is 0.505 e. The topological polar surface area (TPSA) is 186 Å². The van der Waals surface area contributed by atoms with Gasteiger partial charge in [0.05, 0.1) is 46.5 Å². The van der Waals surface area contributed by atoms with E-state index in [9.17, 15) is 36.8 Å². The van der Waals surface area contributed by atoms with Gasteiger partial charge in [-0.2, -0.15) is 10.5 Å². The van der Waals surface area contributed by atoms with E-state index in [1.54, 1.807) is 42.5 Å². The van der Waals surface area contributed by atoms with Gasteiger partial charge < -0.3 is 9.84 Å². The molecule has 0 radical (unpaired) electrons. The third kappa shape index (κ3) is 6.38. The summed E-state index contributed by atoms with van der Waals surface area (Å²) in [5.74, 6) is -1.66. The Morgan fingerprint density at radius 2 is 1.17 bits per heavy atom. The van der Waals surface area contributed by atoms with Crippen LogP contribution in [0.3, 0.4) is 0 Å². The fraction of sp³-hybridized carbons (Fsp3) is 0.0968. The van der Waals surface area contributed by atoms with Gasteiger partial charge in [0.25, 0.3) is 11.8 Å². The lowest BCUT2D eigenvalue weighted by molar-refractivity contribution is 0.0983. The summed E-state index contributed by atoms with van der Waals surface area (Å²) in [5.41, 5.74) is 1.25. The van der Waals surface area contributed by atoms with E-state index in [-0.39, 0.29) is 37.8 Å². The van der Waals surface area contributed by atoms with Gasteiger partial charge in [-0.3, -0.25) is 19.4 Å². The monoisotopic (exact) mass is 894 g/mol. The minimum absolute atomic E-state index is 0.0319. The van der Waals surface area contributed by atoms with Crippen molar-refractivity contribution >= 4 is 88.0 Å². The maximum absolute atomic E-state index is 12.8. The third-order valence-corrected chi connectivity index (χ3v) is 12.0. The molecule has 0 fully saturated rings. The molecule has 6 rings (SSSR count). The maximum atomic E-state index is 12.8. The van der Waals surface area contributed by atoms with Crippen LogP contribution < -0.4 is 14.5 Å². The number of ether oxygens (including phenoxy) is 1. The predicted molar refractivity (Wildman–Crippen MR) is 187 cm³/mol. The molecule has 1 N–H and O–H groups in total. The number of nitriles is 2. The number of phenolic OH excluding ortho intramolecular Hbond substituents is 1. The molecule has 2 heterocycles. The number of hydrogen-bond acceptors (Lipinski definition) is 10. The number of carbonyl (C=O) groups excluding carboxylic acids is 2. The highest BCUT2D eigenvalue weighted by atomic mass is 127. The molecule has 0 atom stereocenters. The van der Waals surface area contributed by atoms with Crippen LogP contribution >= 0.6 is 45.2 Å². The van der Waals surface area contributed by atoms with Gasteiger partial charge >= 0.3 is 0 Å². The molecule has 0 unspecified atom stereocenters. The summed E-state index contributed by atoms with van der Waals surface area (Å²) in [6.07, 6.45) is 0. The molecule has 238 valence electrons. The van der Waals surface area contributed by atoms with Crippen LogP contribution in [0.2, 0.25) is 0 Å². The normalized spacial score (nSPS) is 14.9. The fourth-order valence-corrected chi connectivity index (χ4v) is 9.48. The number of halogens is 2. The van der Waals surface area contributed by atoms with Crippen molar-refractivity contribution in [2.24, 2.45) is 0 Å². The van der Waals surface area contributed by atoms with Gasteiger partial charge in [0, 0.05) is 11.1 Å². The van der Waals surface area contributed by atoms with Gasteiger partial charge in [0.15, 0.2) is 19.7 Å². The quantitative estimate of drug-likeness (QED) is 0.280. The van der Waals surface area contributed by atoms with Crippen LogP contribution in [0.25, 0.3) is 0 Å². The molecule has 12 nitrogen and oxygen atoms in total. The molecule has 4 aromatic rings. The lowest BCUT2D eigenvalue weighted by Gasteiger charge is -2.17.